The largest absolute Gasteiger partial charge is 0.389 e. The first-order valence-corrected chi connectivity index (χ1v) is 8.38. The van der Waals surface area contributed by atoms with Crippen molar-refractivity contribution in [2.75, 3.05) is 45.9 Å². The maximum atomic E-state index is 10.0. The Hall–Kier alpha value is -0.460. The molecule has 0 aliphatic carbocycles. The van der Waals surface area contributed by atoms with Crippen LogP contribution in [0.15, 0.2) is 17.5 Å². The topological polar surface area (TPSA) is 35.9 Å². The van der Waals surface area contributed by atoms with Crippen LogP contribution in [0.4, 0.5) is 0 Å². The average molecular weight is 298 g/mol. The highest BCUT2D eigenvalue weighted by Crippen LogP contribution is 2.10. The van der Waals surface area contributed by atoms with Crippen LogP contribution in [-0.4, -0.2) is 66.9 Å². The molecule has 114 valence electrons. The first-order chi connectivity index (χ1) is 9.78. The van der Waals surface area contributed by atoms with Crippen molar-refractivity contribution < 1.29 is 9.84 Å². The van der Waals surface area contributed by atoms with Gasteiger partial charge in [-0.1, -0.05) is 13.0 Å². The summed E-state index contributed by atoms with van der Waals surface area (Å²) in [5, 5.41) is 12.1. The SMILES string of the molecule is CCCN1CCN(CC(O)COCc2cccs2)CC1. The number of β-amino-alcohol motifs (C(OH)–C–C–N with tert-alkyl or cyclic N) is 1. The van der Waals surface area contributed by atoms with E-state index in [0.29, 0.717) is 13.2 Å². The van der Waals surface area contributed by atoms with Gasteiger partial charge in [0.25, 0.3) is 0 Å². The number of nitrogens with zero attached hydrogens (tertiary/aromatic N) is 2. The Morgan fingerprint density at radius 3 is 2.70 bits per heavy atom. The normalized spacial score (nSPS) is 19.3. The first kappa shape index (κ1) is 15.9. The third kappa shape index (κ3) is 5.50. The standard InChI is InChI=1S/C15H26N2O2S/c1-2-5-16-6-8-17(9-7-16)11-14(18)12-19-13-15-4-3-10-20-15/h3-4,10,14,18H,2,5-9,11-13H2,1H3. The number of aliphatic hydroxyl groups is 1. The van der Waals surface area contributed by atoms with Crippen LogP contribution >= 0.6 is 11.3 Å². The van der Waals surface area contributed by atoms with Gasteiger partial charge < -0.3 is 14.7 Å². The lowest BCUT2D eigenvalue weighted by atomic mass is 10.2. The van der Waals surface area contributed by atoms with E-state index < -0.39 is 0 Å². The quantitative estimate of drug-likeness (QED) is 0.792. The summed E-state index contributed by atoms with van der Waals surface area (Å²) >= 11 is 1.69. The van der Waals surface area contributed by atoms with E-state index in [9.17, 15) is 5.11 Å². The molecule has 1 saturated heterocycles. The van der Waals surface area contributed by atoms with Gasteiger partial charge in [0, 0.05) is 37.6 Å². The third-order valence-electron chi connectivity index (χ3n) is 3.61. The molecule has 2 heterocycles. The van der Waals surface area contributed by atoms with Gasteiger partial charge in [-0.15, -0.1) is 11.3 Å². The Morgan fingerprint density at radius 2 is 2.05 bits per heavy atom. The summed E-state index contributed by atoms with van der Waals surface area (Å²) in [4.78, 5) is 6.05. The predicted molar refractivity (Wildman–Crippen MR) is 83.2 cm³/mol. The molecule has 1 fully saturated rings. The Labute approximate surface area is 126 Å². The highest BCUT2D eigenvalue weighted by molar-refractivity contribution is 7.09. The smallest absolute Gasteiger partial charge is 0.0900 e. The van der Waals surface area contributed by atoms with E-state index in [0.717, 1.165) is 32.7 Å². The monoisotopic (exact) mass is 298 g/mol. The molecule has 0 radical (unpaired) electrons. The molecule has 1 aromatic heterocycles. The number of ether oxygens (including phenoxy) is 1. The summed E-state index contributed by atoms with van der Waals surface area (Å²) in [7, 11) is 0. The second kappa shape index (κ2) is 8.74. The van der Waals surface area contributed by atoms with Crippen molar-refractivity contribution in [1.82, 2.24) is 9.80 Å². The van der Waals surface area contributed by atoms with Crippen LogP contribution in [0, 0.1) is 0 Å². The van der Waals surface area contributed by atoms with Crippen LogP contribution < -0.4 is 0 Å². The zero-order valence-electron chi connectivity index (χ0n) is 12.3. The molecule has 5 heteroatoms. The highest BCUT2D eigenvalue weighted by atomic mass is 32.1. The Kier molecular flexibility index (Phi) is 6.96. The third-order valence-corrected chi connectivity index (χ3v) is 4.46. The van der Waals surface area contributed by atoms with Gasteiger partial charge in [-0.2, -0.15) is 0 Å². The Balaban J connectivity index is 1.57. The van der Waals surface area contributed by atoms with Gasteiger partial charge in [0.2, 0.25) is 0 Å². The summed E-state index contributed by atoms with van der Waals surface area (Å²) in [6, 6.07) is 4.08. The molecule has 2 rings (SSSR count). The predicted octanol–water partition coefficient (Wildman–Crippen LogP) is 1.65. The zero-order valence-corrected chi connectivity index (χ0v) is 13.1. The molecule has 0 amide bonds. The van der Waals surface area contributed by atoms with Crippen LogP contribution in [0.3, 0.4) is 0 Å². The van der Waals surface area contributed by atoms with Crippen LogP contribution in [0.5, 0.6) is 0 Å². The lowest BCUT2D eigenvalue weighted by Crippen LogP contribution is -2.49. The van der Waals surface area contributed by atoms with Gasteiger partial charge in [-0.3, -0.25) is 4.90 Å². The molecule has 20 heavy (non-hydrogen) atoms. The van der Waals surface area contributed by atoms with Gasteiger partial charge in [0.1, 0.15) is 0 Å². The van der Waals surface area contributed by atoms with Crippen molar-refractivity contribution in [2.24, 2.45) is 0 Å². The summed E-state index contributed by atoms with van der Waals surface area (Å²) in [5.41, 5.74) is 0. The van der Waals surface area contributed by atoms with Gasteiger partial charge >= 0.3 is 0 Å². The van der Waals surface area contributed by atoms with E-state index >= 15 is 0 Å². The van der Waals surface area contributed by atoms with E-state index in [1.807, 2.05) is 11.4 Å². The van der Waals surface area contributed by atoms with Crippen LogP contribution in [0.25, 0.3) is 0 Å². The second-order valence-electron chi connectivity index (χ2n) is 5.39. The second-order valence-corrected chi connectivity index (χ2v) is 6.42. The minimum Gasteiger partial charge on any atom is -0.389 e. The highest BCUT2D eigenvalue weighted by Gasteiger charge is 2.18. The molecule has 1 unspecified atom stereocenters. The van der Waals surface area contributed by atoms with Crippen LogP contribution in [0.2, 0.25) is 0 Å². The zero-order chi connectivity index (χ0) is 14.2. The maximum Gasteiger partial charge on any atom is 0.0900 e. The molecule has 1 aromatic rings. The minimum absolute atomic E-state index is 0.382. The van der Waals surface area contributed by atoms with Crippen molar-refractivity contribution in [3.63, 3.8) is 0 Å². The molecule has 1 atom stereocenters. The fraction of sp³-hybridized carbons (Fsp3) is 0.733. The molecule has 1 aliphatic heterocycles. The van der Waals surface area contributed by atoms with E-state index in [2.05, 4.69) is 22.8 Å². The van der Waals surface area contributed by atoms with E-state index in [1.54, 1.807) is 11.3 Å². The number of rotatable bonds is 8. The van der Waals surface area contributed by atoms with E-state index in [1.165, 1.54) is 17.8 Å². The summed E-state index contributed by atoms with van der Waals surface area (Å²) < 4.78 is 5.56. The maximum absolute atomic E-state index is 10.0. The van der Waals surface area contributed by atoms with Gasteiger partial charge in [-0.05, 0) is 24.4 Å². The number of hydrogen-bond donors (Lipinski definition) is 1. The Morgan fingerprint density at radius 1 is 1.30 bits per heavy atom. The van der Waals surface area contributed by atoms with Gasteiger partial charge in [-0.25, -0.2) is 0 Å². The van der Waals surface area contributed by atoms with Crippen molar-refractivity contribution in [1.29, 1.82) is 0 Å². The van der Waals surface area contributed by atoms with Crippen LogP contribution in [0.1, 0.15) is 18.2 Å². The number of hydrogen-bond acceptors (Lipinski definition) is 5. The van der Waals surface area contributed by atoms with Crippen molar-refractivity contribution >= 4 is 11.3 Å². The van der Waals surface area contributed by atoms with Crippen molar-refractivity contribution in [3.8, 4) is 0 Å². The van der Waals surface area contributed by atoms with E-state index in [4.69, 9.17) is 4.74 Å². The lowest BCUT2D eigenvalue weighted by molar-refractivity contribution is 0.00211. The number of piperazine rings is 1. The molecular weight excluding hydrogens is 272 g/mol. The lowest BCUT2D eigenvalue weighted by Gasteiger charge is -2.35. The van der Waals surface area contributed by atoms with E-state index in [-0.39, 0.29) is 6.10 Å². The first-order valence-electron chi connectivity index (χ1n) is 7.51. The fourth-order valence-corrected chi connectivity index (χ4v) is 3.19. The molecule has 0 saturated carbocycles. The summed E-state index contributed by atoms with van der Waals surface area (Å²) in [6.07, 6.45) is 0.840. The molecule has 0 spiro atoms. The molecule has 0 bridgehead atoms. The molecular formula is C15H26N2O2S. The van der Waals surface area contributed by atoms with Crippen LogP contribution in [-0.2, 0) is 11.3 Å². The van der Waals surface area contributed by atoms with Gasteiger partial charge in [0.05, 0.1) is 19.3 Å². The summed E-state index contributed by atoms with van der Waals surface area (Å²) in [6.45, 7) is 9.54. The fourth-order valence-electron chi connectivity index (χ4n) is 2.55. The summed E-state index contributed by atoms with van der Waals surface area (Å²) in [5.74, 6) is 0. The molecule has 4 nitrogen and oxygen atoms in total. The minimum atomic E-state index is -0.382. The number of aliphatic hydroxyl groups excluding tert-OH is 1. The van der Waals surface area contributed by atoms with Crippen molar-refractivity contribution in [3.05, 3.63) is 22.4 Å². The molecule has 1 aliphatic rings. The van der Waals surface area contributed by atoms with Gasteiger partial charge in [0.15, 0.2) is 0 Å². The Bertz CT molecular complexity index is 351. The molecule has 1 N–H and O–H groups in total. The number of thiophene rings is 1. The average Bonchev–Trinajstić information content (AvgIpc) is 2.94. The van der Waals surface area contributed by atoms with Crippen molar-refractivity contribution in [2.45, 2.75) is 26.1 Å². The molecule has 0 aromatic carbocycles.